The zero-order valence-electron chi connectivity index (χ0n) is 12.3. The Morgan fingerprint density at radius 3 is 2.86 bits per heavy atom. The van der Waals surface area contributed by atoms with Gasteiger partial charge in [0.05, 0.1) is 19.8 Å². The van der Waals surface area contributed by atoms with Gasteiger partial charge in [0.1, 0.15) is 13.2 Å². The summed E-state index contributed by atoms with van der Waals surface area (Å²) in [5, 5.41) is 0. The molecular weight excluding hydrogens is 292 g/mol. The van der Waals surface area contributed by atoms with E-state index in [1.807, 2.05) is 6.92 Å². The lowest BCUT2D eigenvalue weighted by Gasteiger charge is -2.06. The second-order valence-electron chi connectivity index (χ2n) is 4.31. The predicted molar refractivity (Wildman–Crippen MR) is 76.5 cm³/mol. The van der Waals surface area contributed by atoms with Gasteiger partial charge in [0.15, 0.2) is 11.2 Å². The van der Waals surface area contributed by atoms with Crippen LogP contribution in [0.1, 0.15) is 6.92 Å². The Hall–Kier alpha value is -2.19. The quantitative estimate of drug-likeness (QED) is 0.494. The van der Waals surface area contributed by atoms with Gasteiger partial charge in [-0.15, -0.1) is 0 Å². The van der Waals surface area contributed by atoms with Gasteiger partial charge in [-0.3, -0.25) is 4.79 Å². The van der Waals surface area contributed by atoms with Crippen LogP contribution in [0.2, 0.25) is 0 Å². The summed E-state index contributed by atoms with van der Waals surface area (Å²) in [4.78, 5) is 27.4. The average Bonchev–Trinajstić information content (AvgIpc) is 2.82. The molecule has 22 heavy (non-hydrogen) atoms. The van der Waals surface area contributed by atoms with E-state index in [2.05, 4.69) is 4.98 Å². The topological polar surface area (TPSA) is 92.8 Å². The summed E-state index contributed by atoms with van der Waals surface area (Å²) in [6.45, 7) is 3.63. The number of aromatic nitrogens is 2. The Balaban J connectivity index is 1.77. The van der Waals surface area contributed by atoms with E-state index in [9.17, 15) is 9.59 Å². The molecule has 0 fully saturated rings. The molecular formula is C14H18N2O6. The molecule has 0 aliphatic heterocycles. The minimum atomic E-state index is -0.640. The molecule has 0 aromatic carbocycles. The fourth-order valence-corrected chi connectivity index (χ4v) is 1.79. The van der Waals surface area contributed by atoms with Crippen LogP contribution in [0, 0.1) is 0 Å². The van der Waals surface area contributed by atoms with Gasteiger partial charge in [-0.2, -0.15) is 0 Å². The van der Waals surface area contributed by atoms with Crippen molar-refractivity contribution < 1.29 is 23.4 Å². The molecule has 2 rings (SSSR count). The Kier molecular flexibility index (Phi) is 6.11. The third kappa shape index (κ3) is 4.40. The van der Waals surface area contributed by atoms with E-state index in [1.54, 1.807) is 12.1 Å². The molecule has 120 valence electrons. The first kappa shape index (κ1) is 16.2. The number of oxazole rings is 1. The Morgan fingerprint density at radius 1 is 1.27 bits per heavy atom. The minimum Gasteiger partial charge on any atom is -0.462 e. The van der Waals surface area contributed by atoms with Crippen molar-refractivity contribution in [3.8, 4) is 0 Å². The maximum atomic E-state index is 11.7. The monoisotopic (exact) mass is 310 g/mol. The molecule has 0 spiro atoms. The molecule has 0 amide bonds. The van der Waals surface area contributed by atoms with Gasteiger partial charge < -0.3 is 18.6 Å². The second-order valence-corrected chi connectivity index (χ2v) is 4.31. The number of fused-ring (bicyclic) bond motifs is 1. The Labute approximate surface area is 126 Å². The van der Waals surface area contributed by atoms with Crippen molar-refractivity contribution in [2.24, 2.45) is 0 Å². The number of carbonyl (C=O) groups excluding carboxylic acids is 1. The van der Waals surface area contributed by atoms with Gasteiger partial charge in [-0.1, -0.05) is 0 Å². The summed E-state index contributed by atoms with van der Waals surface area (Å²) in [7, 11) is 0. The highest BCUT2D eigenvalue weighted by Gasteiger charge is 2.14. The fourth-order valence-electron chi connectivity index (χ4n) is 1.79. The smallest absolute Gasteiger partial charge is 0.421 e. The van der Waals surface area contributed by atoms with Gasteiger partial charge >= 0.3 is 11.7 Å². The normalized spacial score (nSPS) is 11.0. The lowest BCUT2D eigenvalue weighted by molar-refractivity contribution is -0.146. The van der Waals surface area contributed by atoms with Crippen LogP contribution in [0.25, 0.3) is 11.2 Å². The molecule has 0 aliphatic rings. The highest BCUT2D eigenvalue weighted by Crippen LogP contribution is 2.08. The minimum absolute atomic E-state index is 0.114. The molecule has 0 aliphatic carbocycles. The number of nitrogens with zero attached hydrogens (tertiary/aromatic N) is 2. The van der Waals surface area contributed by atoms with Gasteiger partial charge in [0.2, 0.25) is 0 Å². The third-order valence-electron chi connectivity index (χ3n) is 2.78. The molecule has 0 unspecified atom stereocenters. The molecule has 2 aromatic rings. The highest BCUT2D eigenvalue weighted by atomic mass is 16.6. The largest absolute Gasteiger partial charge is 0.462 e. The number of hydrogen-bond acceptors (Lipinski definition) is 7. The fraction of sp³-hybridized carbons (Fsp3) is 0.500. The van der Waals surface area contributed by atoms with Crippen LogP contribution in [0.15, 0.2) is 27.5 Å². The van der Waals surface area contributed by atoms with Crippen LogP contribution in [0.5, 0.6) is 0 Å². The van der Waals surface area contributed by atoms with E-state index in [0.717, 1.165) is 4.57 Å². The van der Waals surface area contributed by atoms with Crippen molar-refractivity contribution in [1.29, 1.82) is 0 Å². The van der Waals surface area contributed by atoms with Crippen molar-refractivity contribution >= 4 is 17.2 Å². The van der Waals surface area contributed by atoms with E-state index in [1.165, 1.54) is 6.20 Å². The molecule has 2 aromatic heterocycles. The van der Waals surface area contributed by atoms with E-state index >= 15 is 0 Å². The lowest BCUT2D eigenvalue weighted by Crippen LogP contribution is -2.23. The van der Waals surface area contributed by atoms with Gasteiger partial charge in [-0.25, -0.2) is 14.3 Å². The molecule has 8 nitrogen and oxygen atoms in total. The number of carbonyl (C=O) groups is 1. The molecule has 0 radical (unpaired) electrons. The first-order chi connectivity index (χ1) is 10.7. The summed E-state index contributed by atoms with van der Waals surface area (Å²) >= 11 is 0. The highest BCUT2D eigenvalue weighted by molar-refractivity contribution is 5.73. The average molecular weight is 310 g/mol. The summed E-state index contributed by atoms with van der Waals surface area (Å²) in [6.07, 6.45) is 1.52. The molecule has 2 heterocycles. The summed E-state index contributed by atoms with van der Waals surface area (Å²) in [6, 6.07) is 3.26. The lowest BCUT2D eigenvalue weighted by atomic mass is 10.4. The molecule has 8 heteroatoms. The second kappa shape index (κ2) is 8.30. The van der Waals surface area contributed by atoms with Crippen LogP contribution in [0.4, 0.5) is 0 Å². The number of hydrogen-bond donors (Lipinski definition) is 0. The van der Waals surface area contributed by atoms with Crippen molar-refractivity contribution in [1.82, 2.24) is 9.55 Å². The van der Waals surface area contributed by atoms with Gasteiger partial charge in [0, 0.05) is 12.8 Å². The van der Waals surface area contributed by atoms with Gasteiger partial charge in [0.25, 0.3) is 0 Å². The van der Waals surface area contributed by atoms with E-state index in [-0.39, 0.29) is 19.8 Å². The van der Waals surface area contributed by atoms with Crippen LogP contribution in [-0.2, 0) is 25.5 Å². The predicted octanol–water partition coefficient (Wildman–Crippen LogP) is 0.586. The molecule has 0 saturated carbocycles. The summed E-state index contributed by atoms with van der Waals surface area (Å²) in [5.74, 6) is -1.19. The number of rotatable bonds is 9. The Morgan fingerprint density at radius 2 is 2.05 bits per heavy atom. The standard InChI is InChI=1S/C14H18N2O6/c1-2-19-6-7-20-8-9-21-12(17)10-16-13-11(22-14(16)18)4-3-5-15-13/h3-5H,2,6-10H2,1H3. The van der Waals surface area contributed by atoms with Crippen molar-refractivity contribution in [2.75, 3.05) is 33.0 Å². The zero-order chi connectivity index (χ0) is 15.8. The summed E-state index contributed by atoms with van der Waals surface area (Å²) in [5.41, 5.74) is 0.650. The molecule has 0 N–H and O–H groups in total. The van der Waals surface area contributed by atoms with Gasteiger partial charge in [-0.05, 0) is 19.1 Å². The van der Waals surface area contributed by atoms with E-state index < -0.39 is 11.7 Å². The number of ether oxygens (including phenoxy) is 3. The molecule has 0 bridgehead atoms. The van der Waals surface area contributed by atoms with Crippen LogP contribution in [0.3, 0.4) is 0 Å². The molecule has 0 atom stereocenters. The maximum absolute atomic E-state index is 11.7. The maximum Gasteiger partial charge on any atom is 0.421 e. The Bertz CT molecular complexity index is 663. The zero-order valence-corrected chi connectivity index (χ0v) is 12.3. The SMILES string of the molecule is CCOCCOCCOC(=O)Cn1c(=O)oc2cccnc21. The summed E-state index contributed by atoms with van der Waals surface area (Å²) < 4.78 is 21.4. The number of esters is 1. The first-order valence-electron chi connectivity index (χ1n) is 6.98. The van der Waals surface area contributed by atoms with Crippen molar-refractivity contribution in [3.05, 3.63) is 28.9 Å². The van der Waals surface area contributed by atoms with E-state index in [0.29, 0.717) is 31.1 Å². The van der Waals surface area contributed by atoms with Crippen LogP contribution >= 0.6 is 0 Å². The van der Waals surface area contributed by atoms with E-state index in [4.69, 9.17) is 18.6 Å². The van der Waals surface area contributed by atoms with Crippen molar-refractivity contribution in [3.63, 3.8) is 0 Å². The first-order valence-corrected chi connectivity index (χ1v) is 6.98. The van der Waals surface area contributed by atoms with Crippen molar-refractivity contribution in [2.45, 2.75) is 13.5 Å². The third-order valence-corrected chi connectivity index (χ3v) is 2.78. The van der Waals surface area contributed by atoms with Crippen LogP contribution < -0.4 is 5.76 Å². The number of pyridine rings is 1. The molecule has 0 saturated heterocycles. The van der Waals surface area contributed by atoms with Crippen LogP contribution in [-0.4, -0.2) is 48.6 Å².